The van der Waals surface area contributed by atoms with Crippen molar-refractivity contribution in [3.8, 4) is 5.75 Å². The quantitative estimate of drug-likeness (QED) is 0.283. The first-order valence-electron chi connectivity index (χ1n) is 12.5. The first-order valence-corrected chi connectivity index (χ1v) is 12.5. The van der Waals surface area contributed by atoms with Gasteiger partial charge in [0.1, 0.15) is 11.3 Å². The molecule has 5 rings (SSSR count). The number of aryl methyl sites for hydroxylation is 2. The smallest absolute Gasteiger partial charge is 0.291 e. The maximum Gasteiger partial charge on any atom is 0.291 e. The number of carbonyl (C=O) groups excluding carboxylic acids is 1. The summed E-state index contributed by atoms with van der Waals surface area (Å²) in [6.07, 6.45) is 6.64. The molecule has 6 heteroatoms. The van der Waals surface area contributed by atoms with Gasteiger partial charge in [0.15, 0.2) is 5.43 Å². The second-order valence-electron chi connectivity index (χ2n) is 9.45. The van der Waals surface area contributed by atoms with Gasteiger partial charge in [-0.15, -0.1) is 0 Å². The minimum absolute atomic E-state index is 0.112. The molecule has 0 spiro atoms. The zero-order valence-electron chi connectivity index (χ0n) is 20.9. The third-order valence-corrected chi connectivity index (χ3v) is 6.68. The van der Waals surface area contributed by atoms with Gasteiger partial charge in [0, 0.05) is 18.9 Å². The molecule has 2 aromatic carbocycles. The highest BCUT2D eigenvalue weighted by Crippen LogP contribution is 2.40. The Labute approximate surface area is 210 Å². The number of aromatic nitrogens is 1. The van der Waals surface area contributed by atoms with E-state index in [-0.39, 0.29) is 17.1 Å². The minimum atomic E-state index is -0.590. The molecule has 3 heterocycles. The number of unbranched alkanes of at least 4 members (excludes halogenated alkanes) is 2. The van der Waals surface area contributed by atoms with Crippen molar-refractivity contribution in [1.29, 1.82) is 0 Å². The van der Waals surface area contributed by atoms with E-state index in [9.17, 15) is 9.59 Å². The molecule has 184 valence electrons. The van der Waals surface area contributed by atoms with E-state index in [4.69, 9.17) is 9.15 Å². The molecule has 0 N–H and O–H groups in total. The zero-order chi connectivity index (χ0) is 25.2. The van der Waals surface area contributed by atoms with Gasteiger partial charge in [0.05, 0.1) is 23.6 Å². The van der Waals surface area contributed by atoms with Gasteiger partial charge in [0.25, 0.3) is 5.91 Å². The SMILES string of the molecule is CCCCCOc1cccc(C2c3c(oc4cc(C)cc(C)c4c3=O)C(=O)N2Cc2cccnc2)c1. The summed E-state index contributed by atoms with van der Waals surface area (Å²) < 4.78 is 12.2. The summed E-state index contributed by atoms with van der Waals surface area (Å²) in [7, 11) is 0. The molecular formula is C30H30N2O4. The van der Waals surface area contributed by atoms with Crippen molar-refractivity contribution in [3.05, 3.63) is 105 Å². The summed E-state index contributed by atoms with van der Waals surface area (Å²) in [5, 5.41) is 0.521. The fourth-order valence-corrected chi connectivity index (χ4v) is 5.03. The number of ether oxygens (including phenoxy) is 1. The van der Waals surface area contributed by atoms with Crippen LogP contribution in [0.1, 0.15) is 70.6 Å². The third-order valence-electron chi connectivity index (χ3n) is 6.68. The fourth-order valence-electron chi connectivity index (χ4n) is 5.03. The van der Waals surface area contributed by atoms with E-state index in [0.29, 0.717) is 29.7 Å². The molecule has 6 nitrogen and oxygen atoms in total. The number of rotatable bonds is 8. The van der Waals surface area contributed by atoms with Crippen molar-refractivity contribution in [3.63, 3.8) is 0 Å². The molecule has 4 aromatic rings. The predicted molar refractivity (Wildman–Crippen MR) is 139 cm³/mol. The van der Waals surface area contributed by atoms with E-state index in [1.165, 1.54) is 0 Å². The van der Waals surface area contributed by atoms with Crippen molar-refractivity contribution >= 4 is 16.9 Å². The molecule has 0 radical (unpaired) electrons. The van der Waals surface area contributed by atoms with Crippen LogP contribution in [0.2, 0.25) is 0 Å². The molecular weight excluding hydrogens is 452 g/mol. The molecule has 1 aliphatic rings. The van der Waals surface area contributed by atoms with Crippen molar-refractivity contribution in [1.82, 2.24) is 9.88 Å². The largest absolute Gasteiger partial charge is 0.494 e. The molecule has 1 aliphatic heterocycles. The Hall–Kier alpha value is -3.93. The van der Waals surface area contributed by atoms with Gasteiger partial charge in [-0.3, -0.25) is 14.6 Å². The van der Waals surface area contributed by atoms with Crippen LogP contribution in [-0.4, -0.2) is 22.4 Å². The van der Waals surface area contributed by atoms with Crippen LogP contribution in [0.4, 0.5) is 0 Å². The normalized spacial score (nSPS) is 14.9. The number of pyridine rings is 1. The molecule has 0 saturated carbocycles. The first-order chi connectivity index (χ1) is 17.5. The number of carbonyl (C=O) groups is 1. The molecule has 1 amide bonds. The van der Waals surface area contributed by atoms with Gasteiger partial charge in [0.2, 0.25) is 5.76 Å². The number of hydrogen-bond donors (Lipinski definition) is 0. The Morgan fingerprint density at radius 1 is 1.06 bits per heavy atom. The Balaban J connectivity index is 1.64. The second-order valence-corrected chi connectivity index (χ2v) is 9.45. The van der Waals surface area contributed by atoms with Crippen molar-refractivity contribution in [2.24, 2.45) is 0 Å². The number of nitrogens with zero attached hydrogens (tertiary/aromatic N) is 2. The van der Waals surface area contributed by atoms with Gasteiger partial charge in [-0.1, -0.05) is 44.0 Å². The Kier molecular flexibility index (Phi) is 6.59. The van der Waals surface area contributed by atoms with E-state index in [1.54, 1.807) is 17.3 Å². The van der Waals surface area contributed by atoms with E-state index >= 15 is 0 Å². The third kappa shape index (κ3) is 4.39. The lowest BCUT2D eigenvalue weighted by molar-refractivity contribution is 0.0714. The van der Waals surface area contributed by atoms with Gasteiger partial charge in [-0.05, 0) is 66.8 Å². The molecule has 1 unspecified atom stereocenters. The standard InChI is InChI=1S/C30H30N2O4/c1-4-5-6-13-35-23-11-7-10-22(16-23)27-26-28(33)25-20(3)14-19(2)15-24(25)36-29(26)30(34)32(27)18-21-9-8-12-31-17-21/h7-12,14-17,27H,4-6,13,18H2,1-3H3. The van der Waals surface area contributed by atoms with Crippen LogP contribution in [0, 0.1) is 13.8 Å². The highest BCUT2D eigenvalue weighted by Gasteiger charge is 2.43. The molecule has 0 aliphatic carbocycles. The second kappa shape index (κ2) is 9.97. The van der Waals surface area contributed by atoms with Crippen molar-refractivity contribution in [2.75, 3.05) is 6.61 Å². The van der Waals surface area contributed by atoms with Crippen molar-refractivity contribution < 1.29 is 13.9 Å². The van der Waals surface area contributed by atoms with Crippen LogP contribution < -0.4 is 10.2 Å². The molecule has 36 heavy (non-hydrogen) atoms. The van der Waals surface area contributed by atoms with E-state index in [2.05, 4.69) is 11.9 Å². The van der Waals surface area contributed by atoms with Crippen LogP contribution in [0.25, 0.3) is 11.0 Å². The summed E-state index contributed by atoms with van der Waals surface area (Å²) >= 11 is 0. The summed E-state index contributed by atoms with van der Waals surface area (Å²) in [6, 6.07) is 14.7. The summed E-state index contributed by atoms with van der Waals surface area (Å²) in [5.74, 6) is 0.537. The fraction of sp³-hybridized carbons (Fsp3) is 0.300. The van der Waals surface area contributed by atoms with Crippen LogP contribution in [0.3, 0.4) is 0 Å². The number of fused-ring (bicyclic) bond motifs is 2. The molecule has 0 bridgehead atoms. The van der Waals surface area contributed by atoms with E-state index < -0.39 is 6.04 Å². The summed E-state index contributed by atoms with van der Waals surface area (Å²) in [5.41, 5.74) is 4.17. The Bertz CT molecular complexity index is 1480. The number of amides is 1. The maximum atomic E-state index is 13.9. The van der Waals surface area contributed by atoms with Gasteiger partial charge < -0.3 is 14.1 Å². The monoisotopic (exact) mass is 482 g/mol. The molecule has 0 saturated heterocycles. The van der Waals surface area contributed by atoms with E-state index in [1.807, 2.05) is 62.4 Å². The maximum absolute atomic E-state index is 13.9. The first kappa shape index (κ1) is 23.8. The lowest BCUT2D eigenvalue weighted by atomic mass is 9.96. The minimum Gasteiger partial charge on any atom is -0.494 e. The van der Waals surface area contributed by atoms with Crippen LogP contribution in [0.15, 0.2) is 70.1 Å². The predicted octanol–water partition coefficient (Wildman–Crippen LogP) is 6.12. The van der Waals surface area contributed by atoms with Crippen LogP contribution in [-0.2, 0) is 6.54 Å². The average Bonchev–Trinajstić information content (AvgIpc) is 3.14. The van der Waals surface area contributed by atoms with Gasteiger partial charge in [-0.2, -0.15) is 0 Å². The number of benzene rings is 2. The zero-order valence-corrected chi connectivity index (χ0v) is 20.9. The van der Waals surface area contributed by atoms with Crippen molar-refractivity contribution in [2.45, 2.75) is 52.6 Å². The van der Waals surface area contributed by atoms with Crippen LogP contribution >= 0.6 is 0 Å². The summed E-state index contributed by atoms with van der Waals surface area (Å²) in [4.78, 5) is 33.5. The van der Waals surface area contributed by atoms with Crippen LogP contribution in [0.5, 0.6) is 5.75 Å². The topological polar surface area (TPSA) is 72.6 Å². The highest BCUT2D eigenvalue weighted by molar-refractivity contribution is 5.99. The summed E-state index contributed by atoms with van der Waals surface area (Å²) in [6.45, 7) is 6.94. The lowest BCUT2D eigenvalue weighted by Gasteiger charge is -2.25. The Morgan fingerprint density at radius 2 is 1.92 bits per heavy atom. The average molecular weight is 483 g/mol. The molecule has 0 fully saturated rings. The Morgan fingerprint density at radius 3 is 2.69 bits per heavy atom. The lowest BCUT2D eigenvalue weighted by Crippen LogP contribution is -2.29. The van der Waals surface area contributed by atoms with Gasteiger partial charge >= 0.3 is 0 Å². The number of hydrogen-bond acceptors (Lipinski definition) is 5. The van der Waals surface area contributed by atoms with Gasteiger partial charge in [-0.25, -0.2) is 0 Å². The van der Waals surface area contributed by atoms with E-state index in [0.717, 1.165) is 47.3 Å². The molecule has 1 atom stereocenters. The highest BCUT2D eigenvalue weighted by atomic mass is 16.5. The molecule has 2 aromatic heterocycles.